The minimum atomic E-state index is -4.36. The molecule has 0 unspecified atom stereocenters. The van der Waals surface area contributed by atoms with Crippen LogP contribution in [0.25, 0.3) is 0 Å². The topological polar surface area (TPSA) is 54.9 Å². The van der Waals surface area contributed by atoms with Crippen molar-refractivity contribution in [1.29, 1.82) is 0 Å². The highest BCUT2D eigenvalue weighted by Gasteiger charge is 2.30. The molecule has 3 rings (SSSR count). The number of nitrogens with one attached hydrogen (secondary N) is 1. The molecule has 0 spiro atoms. The van der Waals surface area contributed by atoms with Crippen LogP contribution in [-0.4, -0.2) is 16.1 Å². The van der Waals surface area contributed by atoms with E-state index in [0.717, 1.165) is 23.5 Å². The van der Waals surface area contributed by atoms with E-state index in [2.05, 4.69) is 15.5 Å². The summed E-state index contributed by atoms with van der Waals surface area (Å²) in [5, 5.41) is 10.8. The second-order valence-corrected chi connectivity index (χ2v) is 7.12. The van der Waals surface area contributed by atoms with Gasteiger partial charge in [-0.05, 0) is 36.4 Å². The van der Waals surface area contributed by atoms with E-state index in [9.17, 15) is 18.0 Å². The van der Waals surface area contributed by atoms with Gasteiger partial charge in [-0.15, -0.1) is 10.2 Å². The van der Waals surface area contributed by atoms with Crippen LogP contribution in [0.15, 0.2) is 63.8 Å². The summed E-state index contributed by atoms with van der Waals surface area (Å²) in [4.78, 5) is 12.6. The number of hydrogen-bond donors (Lipinski definition) is 1. The Morgan fingerprint density at radius 2 is 1.68 bits per heavy atom. The Morgan fingerprint density at radius 1 is 1.00 bits per heavy atom. The molecule has 0 saturated carbocycles. The van der Waals surface area contributed by atoms with Crippen molar-refractivity contribution in [2.24, 2.45) is 0 Å². The smallest absolute Gasteiger partial charge is 0.296 e. The maximum atomic E-state index is 12.5. The lowest BCUT2D eigenvalue weighted by Gasteiger charge is -2.06. The summed E-state index contributed by atoms with van der Waals surface area (Å²) >= 11 is 2.32. The van der Waals surface area contributed by atoms with Crippen molar-refractivity contribution in [1.82, 2.24) is 10.2 Å². The van der Waals surface area contributed by atoms with E-state index in [4.69, 9.17) is 0 Å². The van der Waals surface area contributed by atoms with Crippen LogP contribution in [0, 0.1) is 0 Å². The van der Waals surface area contributed by atoms with Crippen molar-refractivity contribution in [3.8, 4) is 0 Å². The predicted molar refractivity (Wildman–Crippen MR) is 89.9 cm³/mol. The molecule has 1 amide bonds. The molecule has 1 heterocycles. The maximum Gasteiger partial charge on any atom is 0.416 e. The molecule has 0 aliphatic heterocycles. The Kier molecular flexibility index (Phi) is 5.05. The summed E-state index contributed by atoms with van der Waals surface area (Å²) in [5.74, 6) is -0.303. The zero-order chi connectivity index (χ0) is 17.9. The number of alkyl halides is 3. The normalized spacial score (nSPS) is 11.3. The minimum absolute atomic E-state index is 0.303. The van der Waals surface area contributed by atoms with E-state index in [0.29, 0.717) is 19.9 Å². The van der Waals surface area contributed by atoms with Gasteiger partial charge in [0.05, 0.1) is 5.56 Å². The van der Waals surface area contributed by atoms with Gasteiger partial charge in [-0.3, -0.25) is 10.1 Å². The number of carbonyl (C=O) groups is 1. The first-order chi connectivity index (χ1) is 11.9. The fourth-order valence-electron chi connectivity index (χ4n) is 1.87. The molecule has 1 N–H and O–H groups in total. The van der Waals surface area contributed by atoms with E-state index < -0.39 is 11.7 Å². The van der Waals surface area contributed by atoms with Crippen LogP contribution in [-0.2, 0) is 6.18 Å². The van der Waals surface area contributed by atoms with Crippen molar-refractivity contribution in [2.75, 3.05) is 5.32 Å². The van der Waals surface area contributed by atoms with Crippen molar-refractivity contribution >= 4 is 34.1 Å². The van der Waals surface area contributed by atoms with Crippen molar-refractivity contribution in [2.45, 2.75) is 15.4 Å². The molecule has 4 nitrogen and oxygen atoms in total. The van der Waals surface area contributed by atoms with Crippen LogP contribution >= 0.6 is 23.1 Å². The summed E-state index contributed by atoms with van der Waals surface area (Å²) in [6.07, 6.45) is -4.36. The number of aromatic nitrogens is 2. The number of carbonyl (C=O) groups excluding carboxylic acids is 1. The Morgan fingerprint density at radius 3 is 2.32 bits per heavy atom. The standard InChI is InChI=1S/C16H10F3N3OS2/c17-16(18,19)11-6-8-12(9-7-11)24-15-22-21-14(25-15)20-13(23)10-4-2-1-3-5-10/h1-9H,(H,20,21,23). The molecule has 0 aliphatic carbocycles. The molecular weight excluding hydrogens is 371 g/mol. The van der Waals surface area contributed by atoms with Crippen LogP contribution < -0.4 is 5.32 Å². The third kappa shape index (κ3) is 4.58. The molecular formula is C16H10F3N3OS2. The average Bonchev–Trinajstić information content (AvgIpc) is 3.02. The maximum absolute atomic E-state index is 12.5. The number of rotatable bonds is 4. The monoisotopic (exact) mass is 381 g/mol. The quantitative estimate of drug-likeness (QED) is 0.649. The number of benzene rings is 2. The van der Waals surface area contributed by atoms with E-state index in [1.54, 1.807) is 30.3 Å². The molecule has 0 saturated heterocycles. The minimum Gasteiger partial charge on any atom is -0.296 e. The highest BCUT2D eigenvalue weighted by Crippen LogP contribution is 2.34. The lowest BCUT2D eigenvalue weighted by atomic mass is 10.2. The molecule has 128 valence electrons. The van der Waals surface area contributed by atoms with Crippen molar-refractivity contribution < 1.29 is 18.0 Å². The molecule has 0 atom stereocenters. The van der Waals surface area contributed by atoms with Gasteiger partial charge in [0, 0.05) is 10.5 Å². The van der Waals surface area contributed by atoms with Gasteiger partial charge < -0.3 is 0 Å². The summed E-state index contributed by atoms with van der Waals surface area (Å²) in [6.45, 7) is 0. The molecule has 25 heavy (non-hydrogen) atoms. The zero-order valence-corrected chi connectivity index (χ0v) is 14.1. The van der Waals surface area contributed by atoms with Crippen LogP contribution in [0.3, 0.4) is 0 Å². The largest absolute Gasteiger partial charge is 0.416 e. The summed E-state index contributed by atoms with van der Waals surface area (Å²) in [7, 11) is 0. The van der Waals surface area contributed by atoms with E-state index in [1.807, 2.05) is 0 Å². The lowest BCUT2D eigenvalue weighted by Crippen LogP contribution is -2.11. The highest BCUT2D eigenvalue weighted by atomic mass is 32.2. The van der Waals surface area contributed by atoms with Crippen LogP contribution in [0.2, 0.25) is 0 Å². The van der Waals surface area contributed by atoms with Crippen molar-refractivity contribution in [3.05, 3.63) is 65.7 Å². The third-order valence-electron chi connectivity index (χ3n) is 3.05. The van der Waals surface area contributed by atoms with Gasteiger partial charge in [-0.1, -0.05) is 41.3 Å². The van der Waals surface area contributed by atoms with Gasteiger partial charge in [0.15, 0.2) is 4.34 Å². The molecule has 1 aromatic heterocycles. The SMILES string of the molecule is O=C(Nc1nnc(Sc2ccc(C(F)(F)F)cc2)s1)c1ccccc1. The summed E-state index contributed by atoms with van der Waals surface area (Å²) in [5.41, 5.74) is -0.209. The lowest BCUT2D eigenvalue weighted by molar-refractivity contribution is -0.137. The van der Waals surface area contributed by atoms with Gasteiger partial charge in [0.2, 0.25) is 5.13 Å². The van der Waals surface area contributed by atoms with Crippen LogP contribution in [0.1, 0.15) is 15.9 Å². The van der Waals surface area contributed by atoms with E-state index in [-0.39, 0.29) is 5.91 Å². The van der Waals surface area contributed by atoms with Crippen LogP contribution in [0.4, 0.5) is 18.3 Å². The average molecular weight is 381 g/mol. The van der Waals surface area contributed by atoms with Crippen LogP contribution in [0.5, 0.6) is 0 Å². The van der Waals surface area contributed by atoms with E-state index in [1.165, 1.54) is 23.9 Å². The van der Waals surface area contributed by atoms with Gasteiger partial charge in [-0.25, -0.2) is 0 Å². The number of nitrogens with zero attached hydrogens (tertiary/aromatic N) is 2. The molecule has 0 aliphatic rings. The summed E-state index contributed by atoms with van der Waals surface area (Å²) in [6, 6.07) is 13.4. The number of anilines is 1. The first kappa shape index (κ1) is 17.4. The number of amides is 1. The second kappa shape index (κ2) is 7.24. The fourth-order valence-corrected chi connectivity index (χ4v) is 3.59. The number of hydrogen-bond acceptors (Lipinski definition) is 5. The Bertz CT molecular complexity index is 864. The highest BCUT2D eigenvalue weighted by molar-refractivity contribution is 8.01. The Labute approximate surface area is 149 Å². The molecule has 0 radical (unpaired) electrons. The molecule has 9 heteroatoms. The first-order valence-corrected chi connectivity index (χ1v) is 8.60. The number of halogens is 3. The zero-order valence-electron chi connectivity index (χ0n) is 12.4. The van der Waals surface area contributed by atoms with Gasteiger partial charge in [0.25, 0.3) is 5.91 Å². The van der Waals surface area contributed by atoms with Gasteiger partial charge in [-0.2, -0.15) is 13.2 Å². The molecule has 0 bridgehead atoms. The Balaban J connectivity index is 1.65. The van der Waals surface area contributed by atoms with Crippen molar-refractivity contribution in [3.63, 3.8) is 0 Å². The third-order valence-corrected chi connectivity index (χ3v) is 4.95. The fraction of sp³-hybridized carbons (Fsp3) is 0.0625. The van der Waals surface area contributed by atoms with E-state index >= 15 is 0 Å². The van der Waals surface area contributed by atoms with Gasteiger partial charge in [0.1, 0.15) is 0 Å². The second-order valence-electron chi connectivity index (χ2n) is 4.82. The molecule has 0 fully saturated rings. The summed E-state index contributed by atoms with van der Waals surface area (Å²) < 4.78 is 38.1. The first-order valence-electron chi connectivity index (χ1n) is 6.97. The Hall–Kier alpha value is -2.39. The van der Waals surface area contributed by atoms with Gasteiger partial charge >= 0.3 is 6.18 Å². The molecule has 2 aromatic carbocycles. The predicted octanol–water partition coefficient (Wildman–Crippen LogP) is 4.96. The molecule has 3 aromatic rings.